The molecule has 1 amide bonds. The average Bonchev–Trinajstić information content (AvgIpc) is 2.74. The monoisotopic (exact) mass is 479 g/mol. The number of hydrogen-bond donors (Lipinski definition) is 0. The summed E-state index contributed by atoms with van der Waals surface area (Å²) in [5, 5.41) is 0.260. The summed E-state index contributed by atoms with van der Waals surface area (Å²) in [5.41, 5.74) is 0. The van der Waals surface area contributed by atoms with Crippen LogP contribution in [0.2, 0.25) is 0 Å². The molecule has 7 heteroatoms. The molecule has 29 heavy (non-hydrogen) atoms. The van der Waals surface area contributed by atoms with Gasteiger partial charge in [0.05, 0.1) is 31.6 Å². The highest BCUT2D eigenvalue weighted by molar-refractivity contribution is 9.09. The molecule has 1 heterocycles. The first-order valence-corrected chi connectivity index (χ1v) is 12.6. The molecule has 0 spiro atoms. The van der Waals surface area contributed by atoms with Gasteiger partial charge in [0, 0.05) is 19.1 Å². The van der Waals surface area contributed by atoms with E-state index >= 15 is 0 Å². The van der Waals surface area contributed by atoms with Crippen molar-refractivity contribution < 1.29 is 23.7 Å². The highest BCUT2D eigenvalue weighted by Crippen LogP contribution is 2.17. The number of nitrogens with zero attached hydrogens (tertiary/aromatic N) is 1. The van der Waals surface area contributed by atoms with Gasteiger partial charge in [-0.15, -0.1) is 0 Å². The van der Waals surface area contributed by atoms with E-state index < -0.39 is 6.29 Å². The zero-order valence-electron chi connectivity index (χ0n) is 18.7. The topological polar surface area (TPSA) is 57.2 Å². The minimum absolute atomic E-state index is 0.00722. The van der Waals surface area contributed by atoms with E-state index in [-0.39, 0.29) is 17.5 Å². The molecule has 1 fully saturated rings. The van der Waals surface area contributed by atoms with Gasteiger partial charge >= 0.3 is 0 Å². The molecule has 1 aliphatic heterocycles. The number of amides is 1. The third-order valence-electron chi connectivity index (χ3n) is 5.04. The second-order valence-electron chi connectivity index (χ2n) is 7.77. The SMILES string of the molecule is CCCCCOC(CN(CC1OCC(CCC)CO1)C(=O)CBr)OCCCCC. The van der Waals surface area contributed by atoms with E-state index in [1.807, 2.05) is 0 Å². The van der Waals surface area contributed by atoms with E-state index in [1.165, 1.54) is 0 Å². The van der Waals surface area contributed by atoms with Crippen LogP contribution in [0.3, 0.4) is 0 Å². The van der Waals surface area contributed by atoms with Crippen LogP contribution < -0.4 is 0 Å². The Hall–Kier alpha value is -0.210. The summed E-state index contributed by atoms with van der Waals surface area (Å²) >= 11 is 3.29. The van der Waals surface area contributed by atoms with Gasteiger partial charge < -0.3 is 23.8 Å². The largest absolute Gasteiger partial charge is 0.351 e. The summed E-state index contributed by atoms with van der Waals surface area (Å²) in [5.74, 6) is 0.445. The van der Waals surface area contributed by atoms with Crippen LogP contribution in [-0.2, 0) is 23.7 Å². The summed E-state index contributed by atoms with van der Waals surface area (Å²) in [7, 11) is 0. The summed E-state index contributed by atoms with van der Waals surface area (Å²) in [6, 6.07) is 0. The lowest BCUT2D eigenvalue weighted by molar-refractivity contribution is -0.215. The van der Waals surface area contributed by atoms with Crippen molar-refractivity contribution in [1.82, 2.24) is 4.90 Å². The van der Waals surface area contributed by atoms with Crippen molar-refractivity contribution in [3.05, 3.63) is 0 Å². The summed E-state index contributed by atoms with van der Waals surface area (Å²) in [6.45, 7) is 9.99. The second-order valence-corrected chi connectivity index (χ2v) is 8.33. The van der Waals surface area contributed by atoms with Gasteiger partial charge in [-0.3, -0.25) is 4.79 Å². The van der Waals surface area contributed by atoms with Crippen LogP contribution >= 0.6 is 15.9 Å². The van der Waals surface area contributed by atoms with Crippen LogP contribution in [0.5, 0.6) is 0 Å². The summed E-state index contributed by atoms with van der Waals surface area (Å²) in [6.07, 6.45) is 8.01. The second kappa shape index (κ2) is 17.5. The Morgan fingerprint density at radius 3 is 2.07 bits per heavy atom. The highest BCUT2D eigenvalue weighted by atomic mass is 79.9. The molecule has 0 aromatic heterocycles. The van der Waals surface area contributed by atoms with Crippen molar-refractivity contribution in [3.8, 4) is 0 Å². The maximum absolute atomic E-state index is 12.5. The highest BCUT2D eigenvalue weighted by Gasteiger charge is 2.27. The lowest BCUT2D eigenvalue weighted by atomic mass is 10.1. The van der Waals surface area contributed by atoms with Gasteiger partial charge in [-0.25, -0.2) is 0 Å². The van der Waals surface area contributed by atoms with Crippen molar-refractivity contribution in [3.63, 3.8) is 0 Å². The molecular formula is C22H42BrNO5. The lowest BCUT2D eigenvalue weighted by Gasteiger charge is -2.34. The average molecular weight is 480 g/mol. The molecular weight excluding hydrogens is 438 g/mol. The van der Waals surface area contributed by atoms with Crippen molar-refractivity contribution in [2.45, 2.75) is 84.7 Å². The van der Waals surface area contributed by atoms with Gasteiger partial charge in [-0.2, -0.15) is 0 Å². The smallest absolute Gasteiger partial charge is 0.233 e. The molecule has 0 aliphatic carbocycles. The van der Waals surface area contributed by atoms with Gasteiger partial charge in [0.2, 0.25) is 5.91 Å². The quantitative estimate of drug-likeness (QED) is 0.171. The van der Waals surface area contributed by atoms with Gasteiger partial charge in [0.25, 0.3) is 0 Å². The predicted octanol–water partition coefficient (Wildman–Crippen LogP) is 4.74. The molecule has 1 aliphatic rings. The van der Waals surface area contributed by atoms with Crippen LogP contribution in [0.4, 0.5) is 0 Å². The fraction of sp³-hybridized carbons (Fsp3) is 0.955. The number of hydrogen-bond acceptors (Lipinski definition) is 5. The molecule has 0 bridgehead atoms. The van der Waals surface area contributed by atoms with Crippen LogP contribution in [0.1, 0.15) is 72.1 Å². The number of alkyl halides is 1. The van der Waals surface area contributed by atoms with E-state index in [4.69, 9.17) is 18.9 Å². The Morgan fingerprint density at radius 1 is 1.00 bits per heavy atom. The summed E-state index contributed by atoms with van der Waals surface area (Å²) in [4.78, 5) is 14.2. The standard InChI is InChI=1S/C22H42BrNO5/c1-4-7-9-12-26-21(27-13-10-8-5-2)15-24(20(25)14-23)16-22-28-17-19(11-6-3)18-29-22/h19,21-22H,4-18H2,1-3H3. The number of unbranched alkanes of at least 4 members (excludes halogenated alkanes) is 4. The van der Waals surface area contributed by atoms with E-state index in [0.29, 0.717) is 45.4 Å². The number of carbonyl (C=O) groups is 1. The molecule has 0 aromatic carbocycles. The zero-order valence-corrected chi connectivity index (χ0v) is 20.3. The molecule has 6 nitrogen and oxygen atoms in total. The Bertz CT molecular complexity index is 393. The lowest BCUT2D eigenvalue weighted by Crippen LogP contribution is -2.47. The maximum atomic E-state index is 12.5. The third-order valence-corrected chi connectivity index (χ3v) is 5.52. The molecule has 0 aromatic rings. The Kier molecular flexibility index (Phi) is 16.2. The van der Waals surface area contributed by atoms with Gasteiger partial charge in [-0.1, -0.05) is 68.8 Å². The van der Waals surface area contributed by atoms with Gasteiger partial charge in [0.1, 0.15) is 0 Å². The van der Waals surface area contributed by atoms with E-state index in [9.17, 15) is 4.79 Å². The van der Waals surface area contributed by atoms with Crippen LogP contribution in [-0.4, -0.2) is 68.2 Å². The molecule has 1 rings (SSSR count). The van der Waals surface area contributed by atoms with Gasteiger partial charge in [-0.05, 0) is 19.3 Å². The minimum Gasteiger partial charge on any atom is -0.351 e. The molecule has 0 unspecified atom stereocenters. The Labute approximate surface area is 186 Å². The van der Waals surface area contributed by atoms with Crippen molar-refractivity contribution >= 4 is 21.8 Å². The third kappa shape index (κ3) is 12.3. The predicted molar refractivity (Wildman–Crippen MR) is 119 cm³/mol. The summed E-state index contributed by atoms with van der Waals surface area (Å²) < 4.78 is 23.7. The van der Waals surface area contributed by atoms with Crippen molar-refractivity contribution in [2.24, 2.45) is 5.92 Å². The first kappa shape index (κ1) is 26.8. The molecule has 0 radical (unpaired) electrons. The molecule has 0 atom stereocenters. The fourth-order valence-electron chi connectivity index (χ4n) is 3.27. The number of rotatable bonds is 17. The normalized spacial score (nSPS) is 19.6. The van der Waals surface area contributed by atoms with Crippen molar-refractivity contribution in [2.75, 3.05) is 44.8 Å². The Morgan fingerprint density at radius 2 is 1.59 bits per heavy atom. The Balaban J connectivity index is 2.57. The number of carbonyl (C=O) groups excluding carboxylic acids is 1. The van der Waals surface area contributed by atoms with Crippen LogP contribution in [0.25, 0.3) is 0 Å². The maximum Gasteiger partial charge on any atom is 0.233 e. The minimum atomic E-state index is -0.414. The van der Waals surface area contributed by atoms with Crippen LogP contribution in [0.15, 0.2) is 0 Å². The first-order valence-electron chi connectivity index (χ1n) is 11.4. The van der Waals surface area contributed by atoms with Gasteiger partial charge in [0.15, 0.2) is 12.6 Å². The molecule has 172 valence electrons. The molecule has 0 N–H and O–H groups in total. The number of halogens is 1. The fourth-order valence-corrected chi connectivity index (χ4v) is 3.63. The van der Waals surface area contributed by atoms with Crippen LogP contribution in [0, 0.1) is 5.92 Å². The zero-order chi connectivity index (χ0) is 21.3. The molecule has 1 saturated heterocycles. The van der Waals surface area contributed by atoms with E-state index in [0.717, 1.165) is 51.4 Å². The first-order chi connectivity index (χ1) is 14.1. The molecule has 0 saturated carbocycles. The van der Waals surface area contributed by atoms with Crippen molar-refractivity contribution in [1.29, 1.82) is 0 Å². The van der Waals surface area contributed by atoms with E-state index in [2.05, 4.69) is 36.7 Å². The van der Waals surface area contributed by atoms with E-state index in [1.54, 1.807) is 4.90 Å². The number of ether oxygens (including phenoxy) is 4.